The number of aromatic hydroxyl groups is 1. The maximum atomic E-state index is 9.73. The lowest BCUT2D eigenvalue weighted by atomic mass is 10.1. The number of phenols is 1. The SMILES string of the molecule is Cc1cc2c(cc1Cl)sc1c(C)c(O)ccc12. The van der Waals surface area contributed by atoms with Gasteiger partial charge in [-0.1, -0.05) is 11.6 Å². The molecule has 1 N–H and O–H groups in total. The predicted octanol–water partition coefficient (Wildman–Crippen LogP) is 5.03. The molecule has 2 aromatic carbocycles. The Morgan fingerprint density at radius 1 is 1.12 bits per heavy atom. The Hall–Kier alpha value is -1.25. The summed E-state index contributed by atoms with van der Waals surface area (Å²) >= 11 is 7.82. The van der Waals surface area contributed by atoms with Gasteiger partial charge in [-0.2, -0.15) is 0 Å². The van der Waals surface area contributed by atoms with Crippen molar-refractivity contribution in [3.8, 4) is 5.75 Å². The van der Waals surface area contributed by atoms with E-state index >= 15 is 0 Å². The Balaban J connectivity index is 2.54. The molecule has 0 amide bonds. The summed E-state index contributed by atoms with van der Waals surface area (Å²) in [5, 5.41) is 12.9. The molecule has 0 saturated heterocycles. The molecule has 1 nitrogen and oxygen atoms in total. The van der Waals surface area contributed by atoms with Crippen LogP contribution in [0.1, 0.15) is 11.1 Å². The fourth-order valence-electron chi connectivity index (χ4n) is 2.09. The fraction of sp³-hybridized carbons (Fsp3) is 0.143. The van der Waals surface area contributed by atoms with Crippen molar-refractivity contribution in [1.29, 1.82) is 0 Å². The lowest BCUT2D eigenvalue weighted by molar-refractivity contribution is 0.472. The second kappa shape index (κ2) is 3.62. The van der Waals surface area contributed by atoms with Crippen LogP contribution in [-0.4, -0.2) is 5.11 Å². The number of fused-ring (bicyclic) bond motifs is 3. The van der Waals surface area contributed by atoms with Gasteiger partial charge in [0.25, 0.3) is 0 Å². The summed E-state index contributed by atoms with van der Waals surface area (Å²) in [4.78, 5) is 0. The molecule has 0 unspecified atom stereocenters. The highest BCUT2D eigenvalue weighted by atomic mass is 35.5. The Morgan fingerprint density at radius 2 is 1.88 bits per heavy atom. The third-order valence-electron chi connectivity index (χ3n) is 3.14. The van der Waals surface area contributed by atoms with Crippen molar-refractivity contribution < 1.29 is 5.11 Å². The maximum Gasteiger partial charge on any atom is 0.119 e. The van der Waals surface area contributed by atoms with Crippen LogP contribution in [0, 0.1) is 13.8 Å². The molecule has 0 radical (unpaired) electrons. The first-order chi connectivity index (χ1) is 8.08. The molecule has 0 atom stereocenters. The van der Waals surface area contributed by atoms with Crippen LogP contribution in [0.2, 0.25) is 5.02 Å². The van der Waals surface area contributed by atoms with Crippen molar-refractivity contribution in [2.75, 3.05) is 0 Å². The van der Waals surface area contributed by atoms with Crippen LogP contribution in [-0.2, 0) is 0 Å². The van der Waals surface area contributed by atoms with E-state index in [1.807, 2.05) is 26.0 Å². The topological polar surface area (TPSA) is 20.2 Å². The number of hydrogen-bond acceptors (Lipinski definition) is 2. The lowest BCUT2D eigenvalue weighted by Gasteiger charge is -2.00. The molecule has 0 aliphatic heterocycles. The van der Waals surface area contributed by atoms with Crippen LogP contribution in [0.15, 0.2) is 24.3 Å². The van der Waals surface area contributed by atoms with E-state index in [1.165, 1.54) is 15.5 Å². The number of benzene rings is 2. The van der Waals surface area contributed by atoms with Gasteiger partial charge in [0, 0.05) is 30.8 Å². The zero-order chi connectivity index (χ0) is 12.2. The summed E-state index contributed by atoms with van der Waals surface area (Å²) < 4.78 is 2.31. The molecule has 0 spiro atoms. The van der Waals surface area contributed by atoms with Crippen molar-refractivity contribution in [3.05, 3.63) is 40.4 Å². The molecule has 0 aliphatic carbocycles. The van der Waals surface area contributed by atoms with Crippen LogP contribution in [0.4, 0.5) is 0 Å². The van der Waals surface area contributed by atoms with Crippen molar-refractivity contribution >= 4 is 43.1 Å². The van der Waals surface area contributed by atoms with E-state index in [0.29, 0.717) is 5.75 Å². The number of aryl methyl sites for hydroxylation is 2. The molecule has 1 heterocycles. The van der Waals surface area contributed by atoms with Crippen LogP contribution >= 0.6 is 22.9 Å². The van der Waals surface area contributed by atoms with Crippen LogP contribution < -0.4 is 0 Å². The first-order valence-electron chi connectivity index (χ1n) is 5.39. The van der Waals surface area contributed by atoms with E-state index in [0.717, 1.165) is 20.8 Å². The number of rotatable bonds is 0. The van der Waals surface area contributed by atoms with E-state index in [4.69, 9.17) is 11.6 Å². The van der Waals surface area contributed by atoms with Gasteiger partial charge in [0.2, 0.25) is 0 Å². The number of halogens is 1. The molecule has 3 aromatic rings. The third kappa shape index (κ3) is 1.52. The highest BCUT2D eigenvalue weighted by Gasteiger charge is 2.10. The molecule has 86 valence electrons. The normalized spacial score (nSPS) is 11.5. The Bertz CT molecular complexity index is 743. The van der Waals surface area contributed by atoms with Gasteiger partial charge in [-0.05, 0) is 43.7 Å². The van der Waals surface area contributed by atoms with Gasteiger partial charge in [-0.3, -0.25) is 0 Å². The minimum Gasteiger partial charge on any atom is -0.508 e. The standard InChI is InChI=1S/C14H11ClOS/c1-7-5-10-9-3-4-12(16)8(2)14(9)17-13(10)6-11(7)15/h3-6,16H,1-2H3. The van der Waals surface area contributed by atoms with Gasteiger partial charge in [0.05, 0.1) is 0 Å². The number of phenolic OH excluding ortho intramolecular Hbond substituents is 1. The van der Waals surface area contributed by atoms with Crippen LogP contribution in [0.3, 0.4) is 0 Å². The van der Waals surface area contributed by atoms with E-state index in [2.05, 4.69) is 6.07 Å². The van der Waals surface area contributed by atoms with Crippen molar-refractivity contribution in [2.45, 2.75) is 13.8 Å². The molecule has 0 saturated carbocycles. The van der Waals surface area contributed by atoms with Crippen molar-refractivity contribution in [2.24, 2.45) is 0 Å². The van der Waals surface area contributed by atoms with E-state index in [1.54, 1.807) is 17.4 Å². The fourth-order valence-corrected chi connectivity index (χ4v) is 3.54. The predicted molar refractivity (Wildman–Crippen MR) is 75.5 cm³/mol. The molecule has 3 rings (SSSR count). The van der Waals surface area contributed by atoms with Gasteiger partial charge in [-0.25, -0.2) is 0 Å². The Labute approximate surface area is 108 Å². The van der Waals surface area contributed by atoms with Gasteiger partial charge in [0.1, 0.15) is 5.75 Å². The Kier molecular flexibility index (Phi) is 2.32. The first kappa shape index (κ1) is 10.9. The zero-order valence-electron chi connectivity index (χ0n) is 9.54. The monoisotopic (exact) mass is 262 g/mol. The largest absolute Gasteiger partial charge is 0.508 e. The second-order valence-electron chi connectivity index (χ2n) is 4.29. The number of thiophene rings is 1. The molecule has 3 heteroatoms. The minimum atomic E-state index is 0.354. The summed E-state index contributed by atoms with van der Waals surface area (Å²) in [6.45, 7) is 3.96. The second-order valence-corrected chi connectivity index (χ2v) is 5.75. The Morgan fingerprint density at radius 3 is 2.65 bits per heavy atom. The molecular formula is C14H11ClOS. The number of hydrogen-bond donors (Lipinski definition) is 1. The molecule has 17 heavy (non-hydrogen) atoms. The first-order valence-corrected chi connectivity index (χ1v) is 6.58. The van der Waals surface area contributed by atoms with Gasteiger partial charge >= 0.3 is 0 Å². The molecule has 1 aromatic heterocycles. The molecular weight excluding hydrogens is 252 g/mol. The summed E-state index contributed by atoms with van der Waals surface area (Å²) in [5.41, 5.74) is 2.03. The quantitative estimate of drug-likeness (QED) is 0.602. The average molecular weight is 263 g/mol. The summed E-state index contributed by atoms with van der Waals surface area (Å²) in [6, 6.07) is 7.86. The summed E-state index contributed by atoms with van der Waals surface area (Å²) in [7, 11) is 0. The molecule has 0 bridgehead atoms. The molecule has 0 fully saturated rings. The summed E-state index contributed by atoms with van der Waals surface area (Å²) in [5.74, 6) is 0.354. The molecule has 0 aliphatic rings. The summed E-state index contributed by atoms with van der Waals surface area (Å²) in [6.07, 6.45) is 0. The minimum absolute atomic E-state index is 0.354. The highest BCUT2D eigenvalue weighted by molar-refractivity contribution is 7.26. The van der Waals surface area contributed by atoms with Crippen LogP contribution in [0.25, 0.3) is 20.2 Å². The van der Waals surface area contributed by atoms with Gasteiger partial charge < -0.3 is 5.11 Å². The lowest BCUT2D eigenvalue weighted by Crippen LogP contribution is -1.76. The highest BCUT2D eigenvalue weighted by Crippen LogP contribution is 2.40. The van der Waals surface area contributed by atoms with Crippen molar-refractivity contribution in [1.82, 2.24) is 0 Å². The smallest absolute Gasteiger partial charge is 0.119 e. The zero-order valence-corrected chi connectivity index (χ0v) is 11.1. The van der Waals surface area contributed by atoms with E-state index in [9.17, 15) is 5.11 Å². The maximum absolute atomic E-state index is 9.73. The van der Waals surface area contributed by atoms with E-state index < -0.39 is 0 Å². The van der Waals surface area contributed by atoms with Crippen LogP contribution in [0.5, 0.6) is 5.75 Å². The van der Waals surface area contributed by atoms with E-state index in [-0.39, 0.29) is 0 Å². The average Bonchev–Trinajstić information content (AvgIpc) is 2.63. The van der Waals surface area contributed by atoms with Crippen molar-refractivity contribution in [3.63, 3.8) is 0 Å². The third-order valence-corrected chi connectivity index (χ3v) is 4.84. The van der Waals surface area contributed by atoms with Gasteiger partial charge in [-0.15, -0.1) is 11.3 Å². The van der Waals surface area contributed by atoms with Gasteiger partial charge in [0.15, 0.2) is 0 Å².